The van der Waals surface area contributed by atoms with E-state index in [4.69, 9.17) is 9.97 Å². The van der Waals surface area contributed by atoms with Crippen LogP contribution in [0.1, 0.15) is 60.1 Å². The Morgan fingerprint density at radius 1 is 1.00 bits per heavy atom. The molecule has 2 aliphatic heterocycles. The molecule has 0 aliphatic carbocycles. The third-order valence-electron chi connectivity index (χ3n) is 6.76. The van der Waals surface area contributed by atoms with Gasteiger partial charge >= 0.3 is 0 Å². The molecule has 0 N–H and O–H groups in total. The second-order valence-electron chi connectivity index (χ2n) is 9.08. The Morgan fingerprint density at radius 2 is 1.85 bits per heavy atom. The zero-order valence-corrected chi connectivity index (χ0v) is 19.3. The highest BCUT2D eigenvalue weighted by Crippen LogP contribution is 2.34. The molecule has 33 heavy (non-hydrogen) atoms. The summed E-state index contributed by atoms with van der Waals surface area (Å²) in [5.74, 6) is 1.95. The van der Waals surface area contributed by atoms with Gasteiger partial charge in [-0.25, -0.2) is 9.97 Å². The van der Waals surface area contributed by atoms with Crippen molar-refractivity contribution in [1.29, 1.82) is 0 Å². The van der Waals surface area contributed by atoms with Gasteiger partial charge in [-0.3, -0.25) is 9.78 Å². The first kappa shape index (κ1) is 21.6. The van der Waals surface area contributed by atoms with Gasteiger partial charge in [-0.1, -0.05) is 36.4 Å². The van der Waals surface area contributed by atoms with Gasteiger partial charge in [-0.05, 0) is 56.7 Å². The van der Waals surface area contributed by atoms with Crippen molar-refractivity contribution in [3.05, 3.63) is 83.1 Å². The van der Waals surface area contributed by atoms with E-state index in [0.717, 1.165) is 74.8 Å². The molecule has 4 heterocycles. The first-order valence-corrected chi connectivity index (χ1v) is 12.0. The number of amides is 1. The predicted molar refractivity (Wildman–Crippen MR) is 129 cm³/mol. The number of hydrogen-bond donors (Lipinski definition) is 0. The maximum Gasteiger partial charge on any atom is 0.229 e. The molecule has 0 spiro atoms. The molecule has 0 bridgehead atoms. The zero-order chi connectivity index (χ0) is 22.6. The molecule has 0 saturated carbocycles. The van der Waals surface area contributed by atoms with Gasteiger partial charge in [0.15, 0.2) is 5.82 Å². The van der Waals surface area contributed by atoms with Gasteiger partial charge in [0, 0.05) is 42.8 Å². The molecule has 1 amide bonds. The van der Waals surface area contributed by atoms with Crippen molar-refractivity contribution in [2.24, 2.45) is 0 Å². The maximum atomic E-state index is 13.3. The van der Waals surface area contributed by atoms with Crippen LogP contribution < -0.4 is 4.90 Å². The number of fused-ring (bicyclic) bond motifs is 1. The summed E-state index contributed by atoms with van der Waals surface area (Å²) in [5, 5.41) is 0. The summed E-state index contributed by atoms with van der Waals surface area (Å²) in [5.41, 5.74) is 4.40. The smallest absolute Gasteiger partial charge is 0.229 e. The van der Waals surface area contributed by atoms with Crippen molar-refractivity contribution in [1.82, 2.24) is 19.9 Å². The second kappa shape index (κ2) is 9.69. The number of carbonyl (C=O) groups excluding carboxylic acids is 1. The number of hydrogen-bond acceptors (Lipinski definition) is 5. The van der Waals surface area contributed by atoms with Crippen LogP contribution in [-0.4, -0.2) is 38.8 Å². The molecule has 2 aliphatic rings. The monoisotopic (exact) mass is 441 g/mol. The zero-order valence-electron chi connectivity index (χ0n) is 19.3. The van der Waals surface area contributed by atoms with Crippen LogP contribution in [0.4, 0.5) is 5.82 Å². The van der Waals surface area contributed by atoms with Crippen molar-refractivity contribution in [2.75, 3.05) is 18.0 Å². The standard InChI is InChI=1S/C27H31N5O/c1-20-23-13-9-16-31(19-21-10-3-2-4-11-21)27(23)30-26(29-20)24-14-6-8-17-32(24)25(33)18-22-12-5-7-15-28-22/h2-5,7,10-12,15,24H,6,8-9,13-14,16-19H2,1H3/t24-/m1/s1. The van der Waals surface area contributed by atoms with E-state index in [-0.39, 0.29) is 11.9 Å². The summed E-state index contributed by atoms with van der Waals surface area (Å²) < 4.78 is 0. The molecule has 170 valence electrons. The topological polar surface area (TPSA) is 62.2 Å². The van der Waals surface area contributed by atoms with E-state index in [0.29, 0.717) is 6.42 Å². The highest BCUT2D eigenvalue weighted by molar-refractivity contribution is 5.79. The fraction of sp³-hybridized carbons (Fsp3) is 0.407. The van der Waals surface area contributed by atoms with Gasteiger partial charge in [0.25, 0.3) is 0 Å². The van der Waals surface area contributed by atoms with E-state index in [1.807, 2.05) is 23.1 Å². The van der Waals surface area contributed by atoms with E-state index < -0.39 is 0 Å². The number of benzene rings is 1. The van der Waals surface area contributed by atoms with E-state index in [9.17, 15) is 4.79 Å². The lowest BCUT2D eigenvalue weighted by atomic mass is 9.98. The summed E-state index contributed by atoms with van der Waals surface area (Å²) in [4.78, 5) is 32.0. The minimum Gasteiger partial charge on any atom is -0.352 e. The van der Waals surface area contributed by atoms with Gasteiger partial charge in [-0.2, -0.15) is 0 Å². The fourth-order valence-electron chi connectivity index (χ4n) is 5.07. The highest BCUT2D eigenvalue weighted by Gasteiger charge is 2.32. The molecule has 6 nitrogen and oxygen atoms in total. The Morgan fingerprint density at radius 3 is 2.67 bits per heavy atom. The van der Waals surface area contributed by atoms with Gasteiger partial charge in [0.1, 0.15) is 5.82 Å². The van der Waals surface area contributed by atoms with E-state index in [1.54, 1.807) is 6.20 Å². The molecular formula is C27H31N5O. The number of rotatable bonds is 5. The third-order valence-corrected chi connectivity index (χ3v) is 6.76. The first-order valence-electron chi connectivity index (χ1n) is 12.0. The Kier molecular flexibility index (Phi) is 6.33. The summed E-state index contributed by atoms with van der Waals surface area (Å²) in [6.07, 6.45) is 7.21. The van der Waals surface area contributed by atoms with Crippen molar-refractivity contribution in [3.8, 4) is 0 Å². The Hall–Kier alpha value is -3.28. The minimum absolute atomic E-state index is 0.0699. The molecule has 1 fully saturated rings. The van der Waals surface area contributed by atoms with E-state index in [1.165, 1.54) is 11.1 Å². The number of nitrogens with zero attached hydrogens (tertiary/aromatic N) is 5. The van der Waals surface area contributed by atoms with Crippen LogP contribution >= 0.6 is 0 Å². The van der Waals surface area contributed by atoms with Crippen LogP contribution in [0.25, 0.3) is 0 Å². The average molecular weight is 442 g/mol. The largest absolute Gasteiger partial charge is 0.352 e. The van der Waals surface area contributed by atoms with Crippen LogP contribution in [0.15, 0.2) is 54.7 Å². The lowest BCUT2D eigenvalue weighted by Gasteiger charge is -2.37. The van der Waals surface area contributed by atoms with Gasteiger partial charge in [0.05, 0.1) is 12.5 Å². The number of pyridine rings is 1. The van der Waals surface area contributed by atoms with Crippen LogP contribution in [0.2, 0.25) is 0 Å². The summed E-state index contributed by atoms with van der Waals surface area (Å²) in [7, 11) is 0. The molecule has 1 aromatic carbocycles. The first-order chi connectivity index (χ1) is 16.2. The summed E-state index contributed by atoms with van der Waals surface area (Å²) in [6.45, 7) is 4.68. The van der Waals surface area contributed by atoms with E-state index >= 15 is 0 Å². The van der Waals surface area contributed by atoms with Gasteiger partial charge in [0.2, 0.25) is 5.91 Å². The molecule has 5 rings (SSSR count). The van der Waals surface area contributed by atoms with Crippen molar-refractivity contribution in [3.63, 3.8) is 0 Å². The van der Waals surface area contributed by atoms with Crippen molar-refractivity contribution in [2.45, 2.75) is 58.0 Å². The number of anilines is 1. The molecule has 1 atom stereocenters. The number of likely N-dealkylation sites (tertiary alicyclic amines) is 1. The Labute approximate surface area is 195 Å². The minimum atomic E-state index is -0.0699. The highest BCUT2D eigenvalue weighted by atomic mass is 16.2. The SMILES string of the molecule is Cc1nc([C@H]2CCCCN2C(=O)Cc2ccccn2)nc2c1CCCN2Cc1ccccc1. The third kappa shape index (κ3) is 4.75. The maximum absolute atomic E-state index is 13.3. The van der Waals surface area contributed by atoms with Crippen LogP contribution in [0, 0.1) is 6.92 Å². The van der Waals surface area contributed by atoms with E-state index in [2.05, 4.69) is 47.1 Å². The lowest BCUT2D eigenvalue weighted by Crippen LogP contribution is -2.41. The number of carbonyl (C=O) groups is 1. The van der Waals surface area contributed by atoms with Gasteiger partial charge in [-0.15, -0.1) is 0 Å². The summed E-state index contributed by atoms with van der Waals surface area (Å²) >= 11 is 0. The quantitative estimate of drug-likeness (QED) is 0.586. The van der Waals surface area contributed by atoms with Crippen LogP contribution in [0.3, 0.4) is 0 Å². The Balaban J connectivity index is 1.43. The molecule has 1 saturated heterocycles. The molecule has 0 unspecified atom stereocenters. The molecule has 0 radical (unpaired) electrons. The number of aryl methyl sites for hydroxylation is 1. The van der Waals surface area contributed by atoms with Crippen LogP contribution in [-0.2, 0) is 24.2 Å². The number of aromatic nitrogens is 3. The molecule has 6 heteroatoms. The molecule has 3 aromatic rings. The average Bonchev–Trinajstić information content (AvgIpc) is 2.86. The van der Waals surface area contributed by atoms with Crippen molar-refractivity contribution < 1.29 is 4.79 Å². The normalized spacial score (nSPS) is 18.2. The van der Waals surface area contributed by atoms with Crippen LogP contribution in [0.5, 0.6) is 0 Å². The molecular weight excluding hydrogens is 410 g/mol. The summed E-state index contributed by atoms with van der Waals surface area (Å²) in [6, 6.07) is 16.2. The fourth-order valence-corrected chi connectivity index (χ4v) is 5.07. The van der Waals surface area contributed by atoms with Gasteiger partial charge < -0.3 is 9.80 Å². The Bertz CT molecular complexity index is 1100. The lowest BCUT2D eigenvalue weighted by molar-refractivity contribution is -0.134. The van der Waals surface area contributed by atoms with Crippen molar-refractivity contribution >= 4 is 11.7 Å². The number of piperidine rings is 1. The predicted octanol–water partition coefficient (Wildman–Crippen LogP) is 4.43. The second-order valence-corrected chi connectivity index (χ2v) is 9.08. The molecule has 2 aromatic heterocycles.